The zero-order chi connectivity index (χ0) is 66.9. The molecule has 0 radical (unpaired) electrons. The van der Waals surface area contributed by atoms with Crippen LogP contribution in [0.1, 0.15) is 205 Å². The third kappa shape index (κ3) is 28.1. The summed E-state index contributed by atoms with van der Waals surface area (Å²) in [5.74, 6) is 0.736. The predicted molar refractivity (Wildman–Crippen MR) is 341 cm³/mol. The molecule has 0 atom stereocenters. The summed E-state index contributed by atoms with van der Waals surface area (Å²) < 4.78 is 133. The zero-order valence-electron chi connectivity index (χ0n) is 53.0. The number of nitriles is 1. The van der Waals surface area contributed by atoms with Gasteiger partial charge in [-0.3, -0.25) is 0 Å². The maximum Gasteiger partial charge on any atom is 0.416 e. The molecule has 0 saturated heterocycles. The Morgan fingerprint density at radius 2 is 0.908 bits per heavy atom. The first kappa shape index (κ1) is 78.7. The molecule has 0 saturated carbocycles. The first-order valence-corrected chi connectivity index (χ1v) is 32.6. The quantitative estimate of drug-likeness (QED) is 0.123. The summed E-state index contributed by atoms with van der Waals surface area (Å²) in [6, 6.07) is 38.2. The molecule has 7 nitrogen and oxygen atoms in total. The van der Waals surface area contributed by atoms with E-state index in [4.69, 9.17) is 27.1 Å². The van der Waals surface area contributed by atoms with Crippen molar-refractivity contribution in [3.05, 3.63) is 235 Å². The van der Waals surface area contributed by atoms with E-state index < -0.39 is 43.0 Å². The standard InChI is InChI=1S/C10H13Cl.C10H11F3.C10H10FN.C10H13FO2S.2C10H13FO.C10H14O2S/c1-7(2)10-5-4-9(11)6-8(10)3;1-7(2)8-3-5-9(6-4-8)10(11,12)13;1-7(2)8-3-4-10(11)9(5-8)6-12;1-7(2)9-5-4-8(11)6-10(9)14(3,12)13;1-7(2)10-4-3-9(11)5-8(10)6-12;1-7(2)8-3-4-10(11)9(5-8)6-12;1-8(2)9-5-4-6-10(7-9)13(3,11)12/h4-7H,1-3H3;3-7H,1-2H3;3-5,7H,1-2H3;4-7H,1-3H3;2*3-5,7,12H,6H2,1-2H3;4-8H,1-3H3. The van der Waals surface area contributed by atoms with Gasteiger partial charge in [-0.05, 0) is 177 Å². The molecule has 0 aliphatic rings. The van der Waals surface area contributed by atoms with Gasteiger partial charge in [0.1, 0.15) is 29.3 Å². The number of rotatable bonds is 11. The molecule has 0 aromatic heterocycles. The van der Waals surface area contributed by atoms with Crippen molar-refractivity contribution in [1.82, 2.24) is 0 Å². The summed E-state index contributed by atoms with van der Waals surface area (Å²) in [6.45, 7) is 30.0. The van der Waals surface area contributed by atoms with Crippen LogP contribution in [0.5, 0.6) is 0 Å². The molecule has 0 unspecified atom stereocenters. The topological polar surface area (TPSA) is 133 Å². The molecule has 2 N–H and O–H groups in total. The number of alkyl halides is 3. The Morgan fingerprint density at radius 3 is 1.33 bits per heavy atom. The maximum atomic E-state index is 12.9. The fraction of sp³-hybridized carbons (Fsp3) is 0.386. The average molecular weight is 1270 g/mol. The highest BCUT2D eigenvalue weighted by atomic mass is 35.5. The van der Waals surface area contributed by atoms with Crippen LogP contribution in [-0.4, -0.2) is 39.6 Å². The number of halogens is 8. The summed E-state index contributed by atoms with van der Waals surface area (Å²) in [6.07, 6.45) is -1.91. The van der Waals surface area contributed by atoms with Gasteiger partial charge >= 0.3 is 6.18 Å². The van der Waals surface area contributed by atoms with Crippen LogP contribution in [0.3, 0.4) is 0 Å². The first-order valence-electron chi connectivity index (χ1n) is 28.4. The lowest BCUT2D eigenvalue weighted by Gasteiger charge is -2.10. The van der Waals surface area contributed by atoms with Gasteiger partial charge in [-0.1, -0.05) is 169 Å². The average Bonchev–Trinajstić information content (AvgIpc) is 2.13. The minimum atomic E-state index is -4.23. The monoisotopic (exact) mass is 1270 g/mol. The molecule has 0 amide bonds. The lowest BCUT2D eigenvalue weighted by atomic mass is 9.98. The summed E-state index contributed by atoms with van der Waals surface area (Å²) in [4.78, 5) is 0.492. The van der Waals surface area contributed by atoms with Crippen LogP contribution in [0.25, 0.3) is 0 Å². The number of benzene rings is 7. The highest BCUT2D eigenvalue weighted by molar-refractivity contribution is 7.91. The molecule has 0 aliphatic heterocycles. The molecular formula is C70H87ClF7NO6S2. The predicted octanol–water partition coefficient (Wildman–Crippen LogP) is 19.9. The van der Waals surface area contributed by atoms with E-state index >= 15 is 0 Å². The lowest BCUT2D eigenvalue weighted by molar-refractivity contribution is -0.137. The summed E-state index contributed by atoms with van der Waals surface area (Å²) >= 11 is 5.82. The van der Waals surface area contributed by atoms with E-state index in [0.717, 1.165) is 57.3 Å². The van der Waals surface area contributed by atoms with Gasteiger partial charge in [0.05, 0.1) is 34.1 Å². The second-order valence-electron chi connectivity index (χ2n) is 22.9. The number of nitrogens with zero attached hydrogens (tertiary/aromatic N) is 1. The number of sulfone groups is 2. The minimum Gasteiger partial charge on any atom is -0.392 e. The summed E-state index contributed by atoms with van der Waals surface area (Å²) in [5.41, 5.74) is 8.98. The van der Waals surface area contributed by atoms with E-state index in [2.05, 4.69) is 26.8 Å². The zero-order valence-corrected chi connectivity index (χ0v) is 55.4. The second kappa shape index (κ2) is 36.8. The van der Waals surface area contributed by atoms with Crippen LogP contribution in [0.2, 0.25) is 5.02 Å². The molecule has 17 heteroatoms. The van der Waals surface area contributed by atoms with E-state index in [1.54, 1.807) is 48.5 Å². The van der Waals surface area contributed by atoms with Crippen molar-refractivity contribution in [2.45, 2.75) is 174 Å². The number of aliphatic hydroxyl groups is 2. The molecule has 0 aliphatic carbocycles. The SMILES string of the molecule is CC(C)c1ccc(C(F)(F)F)cc1.CC(C)c1ccc(F)c(C#N)c1.CC(C)c1ccc(F)c(CO)c1.CC(C)c1ccc(F)cc1CO.CC(C)c1ccc(F)cc1S(C)(=O)=O.CC(C)c1cccc(S(C)(=O)=O)c1.Cc1cc(Cl)ccc1C(C)C. The van der Waals surface area contributed by atoms with Crippen molar-refractivity contribution in [3.8, 4) is 6.07 Å². The van der Waals surface area contributed by atoms with Gasteiger partial charge in [-0.2, -0.15) is 18.4 Å². The molecule has 7 rings (SSSR count). The Hall–Kier alpha value is -6.35. The molecule has 7 aromatic rings. The minimum absolute atomic E-state index is 0.0697. The Bertz CT molecular complexity index is 3520. The third-order valence-corrected chi connectivity index (χ3v) is 15.8. The van der Waals surface area contributed by atoms with Gasteiger partial charge in [0.15, 0.2) is 19.7 Å². The Kier molecular flexibility index (Phi) is 33.3. The molecule has 0 spiro atoms. The fourth-order valence-electron chi connectivity index (χ4n) is 8.09. The highest BCUT2D eigenvalue weighted by Crippen LogP contribution is 2.31. The molecule has 7 aromatic carbocycles. The van der Waals surface area contributed by atoms with Crippen LogP contribution in [0.4, 0.5) is 30.7 Å². The molecule has 476 valence electrons. The van der Waals surface area contributed by atoms with E-state index in [0.29, 0.717) is 51.2 Å². The Morgan fingerprint density at radius 1 is 0.471 bits per heavy atom. The van der Waals surface area contributed by atoms with Crippen molar-refractivity contribution < 1.29 is 57.8 Å². The van der Waals surface area contributed by atoms with Crippen molar-refractivity contribution in [2.24, 2.45) is 0 Å². The van der Waals surface area contributed by atoms with Crippen molar-refractivity contribution in [3.63, 3.8) is 0 Å². The number of aryl methyl sites for hydroxylation is 1. The lowest BCUT2D eigenvalue weighted by Crippen LogP contribution is -2.04. The van der Waals surface area contributed by atoms with Crippen LogP contribution in [-0.2, 0) is 39.1 Å². The van der Waals surface area contributed by atoms with Gasteiger partial charge < -0.3 is 10.2 Å². The molecule has 0 bridgehead atoms. The van der Waals surface area contributed by atoms with Crippen LogP contribution >= 0.6 is 11.6 Å². The fourth-order valence-corrected chi connectivity index (χ4v) is 10.1. The largest absolute Gasteiger partial charge is 0.416 e. The van der Waals surface area contributed by atoms with E-state index in [9.17, 15) is 47.6 Å². The number of hydrogen-bond acceptors (Lipinski definition) is 7. The molecule has 0 heterocycles. The van der Waals surface area contributed by atoms with Gasteiger partial charge in [-0.25, -0.2) is 34.4 Å². The smallest absolute Gasteiger partial charge is 0.392 e. The van der Waals surface area contributed by atoms with E-state index in [-0.39, 0.29) is 47.1 Å². The Balaban J connectivity index is 0.000000508. The Labute approximate surface area is 519 Å². The normalized spacial score (nSPS) is 11.2. The van der Waals surface area contributed by atoms with Crippen molar-refractivity contribution >= 4 is 31.3 Å². The van der Waals surface area contributed by atoms with Crippen molar-refractivity contribution in [2.75, 3.05) is 12.5 Å². The van der Waals surface area contributed by atoms with Gasteiger partial charge in [0.2, 0.25) is 0 Å². The first-order chi connectivity index (χ1) is 40.2. The van der Waals surface area contributed by atoms with E-state index in [1.165, 1.54) is 65.9 Å². The van der Waals surface area contributed by atoms with Crippen LogP contribution < -0.4 is 0 Å². The van der Waals surface area contributed by atoms with E-state index in [1.807, 2.05) is 107 Å². The van der Waals surface area contributed by atoms with Crippen LogP contribution in [0, 0.1) is 41.5 Å². The molecule has 0 fully saturated rings. The molecule has 87 heavy (non-hydrogen) atoms. The number of hydrogen-bond donors (Lipinski definition) is 2. The van der Waals surface area contributed by atoms with Crippen LogP contribution in [0.15, 0.2) is 149 Å². The summed E-state index contributed by atoms with van der Waals surface area (Å²) in [7, 11) is -6.40. The number of aliphatic hydroxyl groups excluding tert-OH is 2. The highest BCUT2D eigenvalue weighted by Gasteiger charge is 2.30. The summed E-state index contributed by atoms with van der Waals surface area (Å²) in [5, 5.41) is 27.1. The van der Waals surface area contributed by atoms with Gasteiger partial charge in [0, 0.05) is 23.1 Å². The second-order valence-corrected chi connectivity index (χ2v) is 27.3. The van der Waals surface area contributed by atoms with Gasteiger partial charge in [0.25, 0.3) is 0 Å². The van der Waals surface area contributed by atoms with Gasteiger partial charge in [-0.15, -0.1) is 0 Å². The maximum absolute atomic E-state index is 12.9. The van der Waals surface area contributed by atoms with Crippen molar-refractivity contribution in [1.29, 1.82) is 5.26 Å². The third-order valence-electron chi connectivity index (χ3n) is 13.3. The molecular weight excluding hydrogens is 1180 g/mol.